The van der Waals surface area contributed by atoms with Crippen molar-refractivity contribution in [3.63, 3.8) is 0 Å². The van der Waals surface area contributed by atoms with Crippen molar-refractivity contribution in [2.24, 2.45) is 0 Å². The van der Waals surface area contributed by atoms with E-state index in [1.165, 1.54) is 13.3 Å². The van der Waals surface area contributed by atoms with E-state index < -0.39 is 0 Å². The minimum absolute atomic E-state index is 0.000199. The number of methoxy groups -OCH3 is 2. The highest BCUT2D eigenvalue weighted by Gasteiger charge is 2.10. The average molecular weight is 266 g/mol. The van der Waals surface area contributed by atoms with Crippen LogP contribution in [0.15, 0.2) is 24.4 Å². The number of hydrogen-bond donors (Lipinski definition) is 0. The summed E-state index contributed by atoms with van der Waals surface area (Å²) in [5, 5.41) is 17.8. The lowest BCUT2D eigenvalue weighted by molar-refractivity contribution is 0.355. The maximum atomic E-state index is 8.96. The first-order valence-corrected chi connectivity index (χ1v) is 5.63. The summed E-state index contributed by atoms with van der Waals surface area (Å²) >= 11 is 0. The van der Waals surface area contributed by atoms with Gasteiger partial charge in [-0.1, -0.05) is 0 Å². The number of nitrogens with zero attached hydrogens (tertiary/aromatic N) is 4. The molecule has 0 saturated carbocycles. The van der Waals surface area contributed by atoms with Gasteiger partial charge in [0.05, 0.1) is 26.1 Å². The smallest absolute Gasteiger partial charge is 0.177 e. The van der Waals surface area contributed by atoms with Gasteiger partial charge in [0, 0.05) is 5.56 Å². The molecule has 0 saturated heterocycles. The van der Waals surface area contributed by atoms with E-state index in [1.54, 1.807) is 25.3 Å². The Hall–Kier alpha value is -3.12. The van der Waals surface area contributed by atoms with E-state index >= 15 is 0 Å². The van der Waals surface area contributed by atoms with Crippen molar-refractivity contribution in [2.45, 2.75) is 0 Å². The second-order valence-corrected chi connectivity index (χ2v) is 3.75. The summed E-state index contributed by atoms with van der Waals surface area (Å²) in [6.45, 7) is 0. The fourth-order valence-electron chi connectivity index (χ4n) is 1.68. The van der Waals surface area contributed by atoms with E-state index in [4.69, 9.17) is 20.0 Å². The Morgan fingerprint density at radius 1 is 1.00 bits per heavy atom. The summed E-state index contributed by atoms with van der Waals surface area (Å²) in [7, 11) is 3.08. The molecular weight excluding hydrogens is 256 g/mol. The predicted molar refractivity (Wildman–Crippen MR) is 70.0 cm³/mol. The average Bonchev–Trinajstić information content (AvgIpc) is 2.53. The monoisotopic (exact) mass is 266 g/mol. The zero-order chi connectivity index (χ0) is 14.5. The SMILES string of the molecule is COc1ccc(-c2cnc(C#N)c(C#N)n2)cc1OC. The van der Waals surface area contributed by atoms with Crippen LogP contribution in [-0.4, -0.2) is 24.2 Å². The van der Waals surface area contributed by atoms with Gasteiger partial charge < -0.3 is 9.47 Å². The molecule has 1 aromatic carbocycles. The number of hydrogen-bond acceptors (Lipinski definition) is 6. The quantitative estimate of drug-likeness (QED) is 0.842. The minimum Gasteiger partial charge on any atom is -0.493 e. The molecule has 6 heteroatoms. The third-order valence-electron chi connectivity index (χ3n) is 2.66. The van der Waals surface area contributed by atoms with Crippen molar-refractivity contribution in [3.8, 4) is 34.9 Å². The van der Waals surface area contributed by atoms with Crippen molar-refractivity contribution < 1.29 is 9.47 Å². The van der Waals surface area contributed by atoms with Crippen molar-refractivity contribution in [2.75, 3.05) is 14.2 Å². The highest BCUT2D eigenvalue weighted by molar-refractivity contribution is 5.64. The predicted octanol–water partition coefficient (Wildman–Crippen LogP) is 1.90. The molecule has 0 aliphatic heterocycles. The molecule has 2 rings (SSSR count). The highest BCUT2D eigenvalue weighted by Crippen LogP contribution is 2.31. The first kappa shape index (κ1) is 13.3. The molecule has 0 aliphatic carbocycles. The van der Waals surface area contributed by atoms with Gasteiger partial charge in [0.1, 0.15) is 12.1 Å². The molecule has 0 spiro atoms. The van der Waals surface area contributed by atoms with Crippen LogP contribution < -0.4 is 9.47 Å². The lowest BCUT2D eigenvalue weighted by Crippen LogP contribution is -1.97. The van der Waals surface area contributed by atoms with Crippen LogP contribution in [-0.2, 0) is 0 Å². The molecule has 1 aromatic heterocycles. The maximum Gasteiger partial charge on any atom is 0.177 e. The molecule has 0 radical (unpaired) electrons. The van der Waals surface area contributed by atoms with E-state index in [-0.39, 0.29) is 11.4 Å². The lowest BCUT2D eigenvalue weighted by atomic mass is 10.1. The van der Waals surface area contributed by atoms with E-state index in [9.17, 15) is 0 Å². The Balaban J connectivity index is 2.53. The van der Waals surface area contributed by atoms with Crippen LogP contribution in [0.3, 0.4) is 0 Å². The van der Waals surface area contributed by atoms with Gasteiger partial charge in [-0.25, -0.2) is 9.97 Å². The van der Waals surface area contributed by atoms with Gasteiger partial charge in [-0.3, -0.25) is 0 Å². The van der Waals surface area contributed by atoms with Gasteiger partial charge in [0.25, 0.3) is 0 Å². The standard InChI is InChI=1S/C14H10N4O2/c1-19-13-4-3-9(5-14(13)20-2)12-8-17-10(6-15)11(7-16)18-12/h3-5,8H,1-2H3. The van der Waals surface area contributed by atoms with Gasteiger partial charge in [0.2, 0.25) is 0 Å². The van der Waals surface area contributed by atoms with E-state index in [1.807, 2.05) is 12.1 Å². The molecule has 0 N–H and O–H groups in total. The first-order valence-electron chi connectivity index (χ1n) is 5.63. The number of nitriles is 2. The van der Waals surface area contributed by atoms with Gasteiger partial charge >= 0.3 is 0 Å². The molecule has 20 heavy (non-hydrogen) atoms. The topological polar surface area (TPSA) is 91.8 Å². The third kappa shape index (κ3) is 2.36. The molecule has 6 nitrogen and oxygen atoms in total. The summed E-state index contributed by atoms with van der Waals surface area (Å²) in [5.41, 5.74) is 1.22. The zero-order valence-corrected chi connectivity index (χ0v) is 10.9. The molecular formula is C14H10N4O2. The van der Waals surface area contributed by atoms with Crippen LogP contribution in [0.1, 0.15) is 11.4 Å². The fourth-order valence-corrected chi connectivity index (χ4v) is 1.68. The van der Waals surface area contributed by atoms with Gasteiger partial charge in [-0.15, -0.1) is 0 Å². The van der Waals surface area contributed by atoms with Crippen LogP contribution in [0.2, 0.25) is 0 Å². The summed E-state index contributed by atoms with van der Waals surface area (Å²) in [6.07, 6.45) is 1.45. The van der Waals surface area contributed by atoms with Crippen molar-refractivity contribution >= 4 is 0 Å². The summed E-state index contributed by atoms with van der Waals surface area (Å²) in [6, 6.07) is 8.93. The van der Waals surface area contributed by atoms with Crippen molar-refractivity contribution in [1.82, 2.24) is 9.97 Å². The summed E-state index contributed by atoms with van der Waals surface area (Å²) < 4.78 is 10.4. The van der Waals surface area contributed by atoms with E-state index in [0.717, 1.165) is 5.56 Å². The Labute approximate surface area is 115 Å². The van der Waals surface area contributed by atoms with E-state index in [2.05, 4.69) is 9.97 Å². The highest BCUT2D eigenvalue weighted by atomic mass is 16.5. The van der Waals surface area contributed by atoms with Gasteiger partial charge in [-0.2, -0.15) is 10.5 Å². The molecule has 0 fully saturated rings. The molecule has 0 atom stereocenters. The molecule has 98 valence electrons. The summed E-state index contributed by atoms with van der Waals surface area (Å²) in [4.78, 5) is 8.04. The van der Waals surface area contributed by atoms with Crippen molar-refractivity contribution in [3.05, 3.63) is 35.8 Å². The molecule has 0 unspecified atom stereocenters. The lowest BCUT2D eigenvalue weighted by Gasteiger charge is -2.09. The fraction of sp³-hybridized carbons (Fsp3) is 0.143. The Kier molecular flexibility index (Phi) is 3.78. The molecule has 0 bridgehead atoms. The Morgan fingerprint density at radius 2 is 1.70 bits per heavy atom. The summed E-state index contributed by atoms with van der Waals surface area (Å²) in [5.74, 6) is 1.15. The van der Waals surface area contributed by atoms with Crippen LogP contribution >= 0.6 is 0 Å². The molecule has 0 aliphatic rings. The Morgan fingerprint density at radius 3 is 2.30 bits per heavy atom. The normalized spacial score (nSPS) is 9.40. The third-order valence-corrected chi connectivity index (χ3v) is 2.66. The Bertz CT molecular complexity index is 729. The maximum absolute atomic E-state index is 8.96. The largest absolute Gasteiger partial charge is 0.493 e. The second kappa shape index (κ2) is 5.68. The number of benzene rings is 1. The van der Waals surface area contributed by atoms with Crippen LogP contribution in [0.5, 0.6) is 11.5 Å². The first-order chi connectivity index (χ1) is 9.73. The number of ether oxygens (including phenoxy) is 2. The number of rotatable bonds is 3. The zero-order valence-electron chi connectivity index (χ0n) is 10.9. The van der Waals surface area contributed by atoms with Crippen LogP contribution in [0.25, 0.3) is 11.3 Å². The molecule has 1 heterocycles. The van der Waals surface area contributed by atoms with Gasteiger partial charge in [0.15, 0.2) is 22.9 Å². The number of aromatic nitrogens is 2. The minimum atomic E-state index is -0.000199. The molecule has 2 aromatic rings. The second-order valence-electron chi connectivity index (χ2n) is 3.75. The van der Waals surface area contributed by atoms with Crippen molar-refractivity contribution in [1.29, 1.82) is 10.5 Å². The van der Waals surface area contributed by atoms with Gasteiger partial charge in [-0.05, 0) is 18.2 Å². The van der Waals surface area contributed by atoms with Crippen LogP contribution in [0, 0.1) is 22.7 Å². The van der Waals surface area contributed by atoms with Crippen LogP contribution in [0.4, 0.5) is 0 Å². The molecule has 0 amide bonds. The van der Waals surface area contributed by atoms with E-state index in [0.29, 0.717) is 17.2 Å².